The largest absolute Gasteiger partial charge is 0.611 e. The number of anilines is 2. The van der Waals surface area contributed by atoms with E-state index < -0.39 is 11.2 Å². The first-order valence-corrected chi connectivity index (χ1v) is 11.7. The highest BCUT2D eigenvalue weighted by Gasteiger charge is 2.36. The Morgan fingerprint density at radius 1 is 1.29 bits per heavy atom. The van der Waals surface area contributed by atoms with E-state index in [9.17, 15) is 13.7 Å². The van der Waals surface area contributed by atoms with Crippen molar-refractivity contribution < 1.29 is 18.5 Å². The SMILES string of the molecule is O=C=CN1CC[C@H](Nc2cc(N3CC(Oc4ccc(F)cc4)C3)nc3c2[S@+]([O-])CC3)C1. The molecule has 0 amide bonds. The van der Waals surface area contributed by atoms with Gasteiger partial charge in [-0.25, -0.2) is 14.2 Å². The Bertz CT molecular complexity index is 1010. The second-order valence-electron chi connectivity index (χ2n) is 8.07. The van der Waals surface area contributed by atoms with Gasteiger partial charge in [-0.2, -0.15) is 0 Å². The first-order valence-electron chi connectivity index (χ1n) is 10.4. The summed E-state index contributed by atoms with van der Waals surface area (Å²) < 4.78 is 31.5. The fourth-order valence-corrected chi connectivity index (χ4v) is 5.63. The van der Waals surface area contributed by atoms with Crippen molar-refractivity contribution in [2.75, 3.05) is 42.1 Å². The highest BCUT2D eigenvalue weighted by Crippen LogP contribution is 2.36. The quantitative estimate of drug-likeness (QED) is 0.541. The first-order chi connectivity index (χ1) is 15.1. The molecule has 0 aliphatic carbocycles. The summed E-state index contributed by atoms with van der Waals surface area (Å²) in [4.78, 5) is 20.3. The molecule has 2 aromatic rings. The predicted molar refractivity (Wildman–Crippen MR) is 116 cm³/mol. The topological polar surface area (TPSA) is 80.8 Å². The van der Waals surface area contributed by atoms with Crippen LogP contribution in [0.15, 0.2) is 41.4 Å². The summed E-state index contributed by atoms with van der Waals surface area (Å²) in [5.41, 5.74) is 1.77. The summed E-state index contributed by atoms with van der Waals surface area (Å²) >= 11 is -1.05. The summed E-state index contributed by atoms with van der Waals surface area (Å²) in [7, 11) is 0. The van der Waals surface area contributed by atoms with Gasteiger partial charge in [0.1, 0.15) is 40.9 Å². The number of rotatable bonds is 6. The number of ether oxygens (including phenoxy) is 1. The van der Waals surface area contributed by atoms with E-state index in [0.717, 1.165) is 35.1 Å². The Labute approximate surface area is 183 Å². The minimum absolute atomic E-state index is 0.0181. The molecule has 0 spiro atoms. The number of hydrogen-bond donors (Lipinski definition) is 1. The Kier molecular flexibility index (Phi) is 5.48. The zero-order valence-electron chi connectivity index (χ0n) is 16.9. The number of nitrogens with one attached hydrogen (secondary N) is 1. The number of benzene rings is 1. The molecule has 162 valence electrons. The zero-order chi connectivity index (χ0) is 21.4. The van der Waals surface area contributed by atoms with Crippen molar-refractivity contribution in [1.29, 1.82) is 0 Å². The molecule has 9 heteroatoms. The molecule has 1 aromatic carbocycles. The van der Waals surface area contributed by atoms with Crippen LogP contribution in [0, 0.1) is 5.82 Å². The van der Waals surface area contributed by atoms with Gasteiger partial charge in [-0.1, -0.05) is 0 Å². The van der Waals surface area contributed by atoms with Crippen LogP contribution in [0.1, 0.15) is 12.1 Å². The van der Waals surface area contributed by atoms with Crippen molar-refractivity contribution in [2.24, 2.45) is 0 Å². The van der Waals surface area contributed by atoms with Crippen LogP contribution in [-0.4, -0.2) is 64.5 Å². The van der Waals surface area contributed by atoms with Crippen LogP contribution in [-0.2, 0) is 22.4 Å². The summed E-state index contributed by atoms with van der Waals surface area (Å²) in [6.45, 7) is 2.89. The van der Waals surface area contributed by atoms with Crippen LogP contribution in [0.25, 0.3) is 0 Å². The maximum Gasteiger partial charge on any atom is 0.197 e. The van der Waals surface area contributed by atoms with E-state index in [4.69, 9.17) is 9.72 Å². The molecule has 0 bridgehead atoms. The molecule has 5 rings (SSSR count). The number of pyridine rings is 1. The lowest BCUT2D eigenvalue weighted by molar-refractivity contribution is 0.166. The van der Waals surface area contributed by atoms with Gasteiger partial charge >= 0.3 is 0 Å². The highest BCUT2D eigenvalue weighted by molar-refractivity contribution is 7.91. The van der Waals surface area contributed by atoms with Gasteiger partial charge in [-0.15, -0.1) is 0 Å². The number of halogens is 1. The maximum absolute atomic E-state index is 13.1. The van der Waals surface area contributed by atoms with Gasteiger partial charge in [0.15, 0.2) is 4.90 Å². The molecule has 3 aliphatic heterocycles. The molecule has 1 N–H and O–H groups in total. The molecule has 0 radical (unpaired) electrons. The summed E-state index contributed by atoms with van der Waals surface area (Å²) in [6, 6.07) is 8.20. The minimum Gasteiger partial charge on any atom is -0.611 e. The average Bonchev–Trinajstić information content (AvgIpc) is 3.32. The molecule has 2 saturated heterocycles. The fraction of sp³-hybridized carbons (Fsp3) is 0.409. The van der Waals surface area contributed by atoms with Gasteiger partial charge in [0.25, 0.3) is 0 Å². The molecule has 31 heavy (non-hydrogen) atoms. The van der Waals surface area contributed by atoms with Crippen molar-refractivity contribution >= 4 is 28.6 Å². The normalized spacial score (nSPS) is 22.6. The highest BCUT2D eigenvalue weighted by atomic mass is 32.2. The third kappa shape index (κ3) is 4.21. The summed E-state index contributed by atoms with van der Waals surface area (Å²) in [5, 5.41) is 3.54. The molecule has 1 aromatic heterocycles. The number of fused-ring (bicyclic) bond motifs is 1. The van der Waals surface area contributed by atoms with Gasteiger partial charge in [0.05, 0.1) is 25.0 Å². The summed E-state index contributed by atoms with van der Waals surface area (Å²) in [6.07, 6.45) is 3.07. The van der Waals surface area contributed by atoms with E-state index in [2.05, 4.69) is 10.2 Å². The molecule has 0 unspecified atom stereocenters. The number of nitrogens with zero attached hydrogens (tertiary/aromatic N) is 3. The van der Waals surface area contributed by atoms with E-state index in [1.54, 1.807) is 12.1 Å². The number of aryl methyl sites for hydroxylation is 1. The van der Waals surface area contributed by atoms with E-state index in [-0.39, 0.29) is 18.0 Å². The molecule has 2 fully saturated rings. The fourth-order valence-electron chi connectivity index (χ4n) is 4.28. The minimum atomic E-state index is -1.05. The predicted octanol–water partition coefficient (Wildman–Crippen LogP) is 1.98. The van der Waals surface area contributed by atoms with E-state index >= 15 is 0 Å². The second kappa shape index (κ2) is 8.42. The number of likely N-dealkylation sites (tertiary alicyclic amines) is 1. The Morgan fingerprint density at radius 2 is 2.10 bits per heavy atom. The van der Waals surface area contributed by atoms with Crippen LogP contribution in [0.2, 0.25) is 0 Å². The molecule has 7 nitrogen and oxygen atoms in total. The van der Waals surface area contributed by atoms with E-state index in [0.29, 0.717) is 37.6 Å². The summed E-state index contributed by atoms with van der Waals surface area (Å²) in [5.74, 6) is 3.65. The van der Waals surface area contributed by atoms with Crippen LogP contribution >= 0.6 is 0 Å². The van der Waals surface area contributed by atoms with Crippen LogP contribution in [0.3, 0.4) is 0 Å². The van der Waals surface area contributed by atoms with Crippen molar-refractivity contribution in [2.45, 2.75) is 29.9 Å². The van der Waals surface area contributed by atoms with Gasteiger partial charge < -0.3 is 24.4 Å². The monoisotopic (exact) mass is 442 g/mol. The second-order valence-corrected chi connectivity index (χ2v) is 9.58. The van der Waals surface area contributed by atoms with Crippen molar-refractivity contribution in [3.63, 3.8) is 0 Å². The standard InChI is InChI=1S/C22H23FN4O3S/c23-15-1-3-17(4-2-15)30-18-13-27(14-18)21-11-20(22-19(25-21)6-10-31(22)29)24-16-5-7-26(12-16)8-9-28/h1-4,8,11,16,18H,5-7,10,12-14H2,(H,24,25)/t16-,31+/m0/s1. The van der Waals surface area contributed by atoms with Crippen molar-refractivity contribution in [3.05, 3.63) is 48.0 Å². The van der Waals surface area contributed by atoms with Crippen molar-refractivity contribution in [3.8, 4) is 5.75 Å². The zero-order valence-corrected chi connectivity index (χ0v) is 17.7. The van der Waals surface area contributed by atoms with Gasteiger partial charge in [0.2, 0.25) is 0 Å². The Morgan fingerprint density at radius 3 is 2.87 bits per heavy atom. The van der Waals surface area contributed by atoms with Gasteiger partial charge in [-0.05, 0) is 41.9 Å². The van der Waals surface area contributed by atoms with Crippen molar-refractivity contribution in [1.82, 2.24) is 9.88 Å². The van der Waals surface area contributed by atoms with Crippen LogP contribution in [0.5, 0.6) is 5.75 Å². The van der Waals surface area contributed by atoms with E-state index in [1.807, 2.05) is 16.9 Å². The molecular formula is C22H23FN4O3S. The third-order valence-electron chi connectivity index (χ3n) is 5.88. The number of hydrogen-bond acceptors (Lipinski definition) is 7. The average molecular weight is 443 g/mol. The molecule has 3 aliphatic rings. The lowest BCUT2D eigenvalue weighted by Crippen LogP contribution is -2.54. The number of aromatic nitrogens is 1. The van der Waals surface area contributed by atoms with Crippen LogP contribution < -0.4 is 15.0 Å². The lowest BCUT2D eigenvalue weighted by atomic mass is 10.1. The number of carbonyl (C=O) groups excluding carboxylic acids is 1. The molecular weight excluding hydrogens is 419 g/mol. The van der Waals surface area contributed by atoms with Gasteiger partial charge in [-0.3, -0.25) is 0 Å². The Hall–Kier alpha value is -2.74. The van der Waals surface area contributed by atoms with E-state index in [1.165, 1.54) is 18.3 Å². The first kappa shape index (κ1) is 20.2. The Balaban J connectivity index is 1.28. The smallest absolute Gasteiger partial charge is 0.197 e. The maximum atomic E-state index is 13.1. The van der Waals surface area contributed by atoms with Gasteiger partial charge in [0, 0.05) is 31.6 Å². The van der Waals surface area contributed by atoms with Crippen LogP contribution in [0.4, 0.5) is 15.9 Å². The molecule has 4 heterocycles. The molecule has 2 atom stereocenters. The molecule has 0 saturated carbocycles. The lowest BCUT2D eigenvalue weighted by Gasteiger charge is -2.40. The third-order valence-corrected chi connectivity index (χ3v) is 7.37.